The van der Waals surface area contributed by atoms with Crippen LogP contribution in [0.2, 0.25) is 0 Å². The van der Waals surface area contributed by atoms with Crippen LogP contribution in [0.4, 0.5) is 0 Å². The molecule has 10 heteroatoms. The summed E-state index contributed by atoms with van der Waals surface area (Å²) in [6.45, 7) is 14.9. The van der Waals surface area contributed by atoms with Crippen LogP contribution in [0.25, 0.3) is 0 Å². The zero-order valence-corrected chi connectivity index (χ0v) is 40.4. The number of epoxide rings is 1. The Hall–Kier alpha value is -1.95. The maximum Gasteiger partial charge on any atom is 0.306 e. The van der Waals surface area contributed by atoms with Gasteiger partial charge in [0, 0.05) is 37.1 Å². The first-order chi connectivity index (χ1) is 30.4. The predicted octanol–water partition coefficient (Wildman–Crippen LogP) is 10.4. The van der Waals surface area contributed by atoms with E-state index in [1.165, 1.54) is 70.6 Å². The zero-order chi connectivity index (χ0) is 45.4. The molecule has 0 aromatic carbocycles. The number of rotatable bonds is 34. The van der Waals surface area contributed by atoms with E-state index in [1.54, 1.807) is 12.2 Å². The van der Waals surface area contributed by atoms with Crippen LogP contribution in [0.1, 0.15) is 195 Å². The molecule has 0 amide bonds. The maximum absolute atomic E-state index is 14.0. The zero-order valence-electron chi connectivity index (χ0n) is 40.4. The van der Waals surface area contributed by atoms with Crippen LogP contribution in [0.5, 0.6) is 0 Å². The number of aliphatic hydroxyl groups is 2. The molecule has 1 heterocycles. The minimum absolute atomic E-state index is 0.0336. The Morgan fingerprint density at radius 3 is 2.10 bits per heavy atom. The van der Waals surface area contributed by atoms with Gasteiger partial charge in [-0.15, -0.1) is 0 Å². The maximum atomic E-state index is 14.0. The topological polar surface area (TPSA) is 135 Å². The summed E-state index contributed by atoms with van der Waals surface area (Å²) in [7, 11) is 0. The number of ketones is 2. The third-order valence-electron chi connectivity index (χ3n) is 16.3. The summed E-state index contributed by atoms with van der Waals surface area (Å²) in [5, 5.41) is 21.8. The van der Waals surface area contributed by atoms with E-state index in [0.29, 0.717) is 19.3 Å². The number of esters is 1. The summed E-state index contributed by atoms with van der Waals surface area (Å²) < 4.78 is 24.7. The molecular weight excluding hydrogens is 795 g/mol. The molecule has 1 aliphatic heterocycles. The van der Waals surface area contributed by atoms with Crippen molar-refractivity contribution in [3.05, 3.63) is 23.8 Å². The van der Waals surface area contributed by atoms with E-state index < -0.39 is 35.0 Å². The van der Waals surface area contributed by atoms with Crippen LogP contribution in [-0.4, -0.2) is 102 Å². The fourth-order valence-corrected chi connectivity index (χ4v) is 12.5. The van der Waals surface area contributed by atoms with Crippen molar-refractivity contribution < 1.29 is 43.5 Å². The Morgan fingerprint density at radius 2 is 1.43 bits per heavy atom. The Bertz CT molecular complexity index is 1480. The standard InChI is InChI=1S/C53H89NO9/c1-6-8-10-15-23-35-60-49(61-36-24-16-11-9-7-2)26-17-13-12-14-19-31-54(33-21-22-34-55)32-20-18-25-48(58)62-40-46(57)52(59)41(3)37-45-44-28-27-42-38-43(56)29-30-50(42,4)53(44)47(63-53)39-51(45,52)5/h29-30,38,41,44-45,47,49,55,59H,6-28,31-37,39-40H2,1-5H3. The second-order valence-electron chi connectivity index (χ2n) is 20.7. The lowest BCUT2D eigenvalue weighted by molar-refractivity contribution is -0.171. The molecule has 0 radical (unpaired) electrons. The molecule has 8 unspecified atom stereocenters. The average molecular weight is 884 g/mol. The van der Waals surface area contributed by atoms with Crippen molar-refractivity contribution in [3.63, 3.8) is 0 Å². The second kappa shape index (κ2) is 25.3. The van der Waals surface area contributed by atoms with Crippen molar-refractivity contribution in [2.45, 2.75) is 219 Å². The third kappa shape index (κ3) is 12.7. The van der Waals surface area contributed by atoms with Gasteiger partial charge in [0.2, 0.25) is 5.78 Å². The van der Waals surface area contributed by atoms with Crippen LogP contribution in [0.3, 0.4) is 0 Å². The number of nitrogens with zero attached hydrogens (tertiary/aromatic N) is 1. The fourth-order valence-electron chi connectivity index (χ4n) is 12.5. The van der Waals surface area contributed by atoms with Gasteiger partial charge in [0.25, 0.3) is 0 Å². The number of aliphatic hydroxyl groups excluding tert-OH is 1. The third-order valence-corrected chi connectivity index (χ3v) is 16.3. The van der Waals surface area contributed by atoms with E-state index in [4.69, 9.17) is 18.9 Å². The van der Waals surface area contributed by atoms with E-state index in [2.05, 4.69) is 32.6 Å². The molecule has 63 heavy (non-hydrogen) atoms. The quantitative estimate of drug-likeness (QED) is 0.0278. The smallest absolute Gasteiger partial charge is 0.306 e. The lowest BCUT2D eigenvalue weighted by Gasteiger charge is -2.55. The lowest BCUT2D eigenvalue weighted by Crippen LogP contribution is -2.62. The van der Waals surface area contributed by atoms with Crippen LogP contribution in [-0.2, 0) is 33.3 Å². The van der Waals surface area contributed by atoms with Gasteiger partial charge in [-0.3, -0.25) is 14.4 Å². The summed E-state index contributed by atoms with van der Waals surface area (Å²) in [6, 6.07) is 0. The van der Waals surface area contributed by atoms with E-state index in [-0.39, 0.29) is 54.4 Å². The number of Topliss-reactive ketones (excluding diaryl/α,β-unsaturated/α-hetero) is 1. The van der Waals surface area contributed by atoms with Gasteiger partial charge < -0.3 is 34.1 Å². The molecule has 3 saturated carbocycles. The van der Waals surface area contributed by atoms with Crippen LogP contribution in [0, 0.1) is 28.6 Å². The van der Waals surface area contributed by atoms with Crippen molar-refractivity contribution in [3.8, 4) is 0 Å². The summed E-state index contributed by atoms with van der Waals surface area (Å²) in [4.78, 5) is 41.7. The normalized spacial score (nSPS) is 30.6. The molecule has 5 rings (SSSR count). The highest BCUT2D eigenvalue weighted by Crippen LogP contribution is 2.76. The van der Waals surface area contributed by atoms with E-state index >= 15 is 0 Å². The minimum atomic E-state index is -1.60. The van der Waals surface area contributed by atoms with Crippen LogP contribution >= 0.6 is 0 Å². The molecular formula is C53H89NO9. The molecule has 10 nitrogen and oxygen atoms in total. The monoisotopic (exact) mass is 884 g/mol. The van der Waals surface area contributed by atoms with E-state index in [1.807, 2.05) is 13.0 Å². The fraction of sp³-hybridized carbons (Fsp3) is 0.868. The highest BCUT2D eigenvalue weighted by Gasteiger charge is 2.82. The van der Waals surface area contributed by atoms with Gasteiger partial charge in [-0.25, -0.2) is 0 Å². The largest absolute Gasteiger partial charge is 0.458 e. The molecule has 5 aliphatic rings. The summed E-state index contributed by atoms with van der Waals surface area (Å²) in [5.41, 5.74) is -1.91. The molecule has 8 atom stereocenters. The van der Waals surface area contributed by atoms with Gasteiger partial charge in [0.1, 0.15) is 11.2 Å². The molecule has 360 valence electrons. The molecule has 0 aromatic heterocycles. The SMILES string of the molecule is CCCCCCCOC(CCCCCCCN(CCCCO)CCCCC(=O)OCC(=O)C1(O)C(C)CC2C3CCC4=CC(=O)C=CC4(C)C34OC4CC21C)OCCCCCCC. The highest BCUT2D eigenvalue weighted by atomic mass is 16.7. The Labute approximate surface area is 382 Å². The van der Waals surface area contributed by atoms with Gasteiger partial charge in [0.15, 0.2) is 18.7 Å². The van der Waals surface area contributed by atoms with Gasteiger partial charge >= 0.3 is 5.97 Å². The summed E-state index contributed by atoms with van der Waals surface area (Å²) in [5.74, 6) is -0.771. The van der Waals surface area contributed by atoms with Gasteiger partial charge in [0.05, 0.1) is 6.10 Å². The van der Waals surface area contributed by atoms with Crippen molar-refractivity contribution >= 4 is 17.5 Å². The lowest BCUT2D eigenvalue weighted by atomic mass is 9.46. The summed E-state index contributed by atoms with van der Waals surface area (Å²) in [6.07, 6.45) is 30.9. The predicted molar refractivity (Wildman–Crippen MR) is 249 cm³/mol. The number of allylic oxidation sites excluding steroid dienone is 2. The Kier molecular flexibility index (Phi) is 20.9. The van der Waals surface area contributed by atoms with E-state index in [9.17, 15) is 24.6 Å². The Morgan fingerprint density at radius 1 is 0.825 bits per heavy atom. The Balaban J connectivity index is 0.985. The first-order valence-corrected chi connectivity index (χ1v) is 26.0. The molecule has 1 saturated heterocycles. The molecule has 0 aromatic rings. The van der Waals surface area contributed by atoms with Gasteiger partial charge in [-0.2, -0.15) is 0 Å². The van der Waals surface area contributed by atoms with Crippen LogP contribution in [0.15, 0.2) is 23.8 Å². The number of hydrogen-bond acceptors (Lipinski definition) is 10. The van der Waals surface area contributed by atoms with Gasteiger partial charge in [-0.05, 0) is 140 Å². The average Bonchev–Trinajstić information content (AvgIpc) is 3.95. The van der Waals surface area contributed by atoms with Crippen LogP contribution < -0.4 is 0 Å². The highest BCUT2D eigenvalue weighted by molar-refractivity contribution is 6.01. The van der Waals surface area contributed by atoms with Crippen molar-refractivity contribution in [2.75, 3.05) is 46.1 Å². The van der Waals surface area contributed by atoms with Crippen molar-refractivity contribution in [2.24, 2.45) is 28.6 Å². The molecule has 4 aliphatic carbocycles. The van der Waals surface area contributed by atoms with Crippen molar-refractivity contribution in [1.29, 1.82) is 0 Å². The number of hydrogen-bond donors (Lipinski definition) is 2. The number of unbranched alkanes of at least 4 members (excludes halogenated alkanes) is 14. The molecule has 1 spiro atoms. The molecule has 0 bridgehead atoms. The summed E-state index contributed by atoms with van der Waals surface area (Å²) >= 11 is 0. The first kappa shape index (κ1) is 52.0. The molecule has 2 N–H and O–H groups in total. The van der Waals surface area contributed by atoms with E-state index in [0.717, 1.165) is 103 Å². The number of carbonyl (C=O) groups excluding carboxylic acids is 3. The first-order valence-electron chi connectivity index (χ1n) is 26.0. The number of carbonyl (C=O) groups is 3. The van der Waals surface area contributed by atoms with Gasteiger partial charge in [-0.1, -0.05) is 110 Å². The minimum Gasteiger partial charge on any atom is -0.458 e. The second-order valence-corrected chi connectivity index (χ2v) is 20.7. The van der Waals surface area contributed by atoms with Crippen molar-refractivity contribution in [1.82, 2.24) is 4.90 Å². The number of fused-ring (bicyclic) bond motifs is 3. The molecule has 4 fully saturated rings. The number of ether oxygens (including phenoxy) is 4.